The van der Waals surface area contributed by atoms with Crippen LogP contribution in [0.2, 0.25) is 0 Å². The van der Waals surface area contributed by atoms with E-state index in [1.54, 1.807) is 29.4 Å². The number of hydrogen-bond donors (Lipinski definition) is 1. The van der Waals surface area contributed by atoms with Crippen LogP contribution in [0, 0.1) is 0 Å². The summed E-state index contributed by atoms with van der Waals surface area (Å²) in [5.41, 5.74) is 2.42. The van der Waals surface area contributed by atoms with Crippen molar-refractivity contribution < 1.29 is 18.4 Å². The van der Waals surface area contributed by atoms with Gasteiger partial charge in [0.1, 0.15) is 12.0 Å². The molecule has 0 aliphatic carbocycles. The van der Waals surface area contributed by atoms with Crippen molar-refractivity contribution in [3.63, 3.8) is 0 Å². The molecule has 162 valence electrons. The lowest BCUT2D eigenvalue weighted by atomic mass is 9.98. The molecule has 1 N–H and O–H groups in total. The van der Waals surface area contributed by atoms with E-state index in [4.69, 9.17) is 8.83 Å². The third-order valence-corrected chi connectivity index (χ3v) is 5.16. The van der Waals surface area contributed by atoms with E-state index in [9.17, 15) is 9.59 Å². The van der Waals surface area contributed by atoms with Gasteiger partial charge in [0.25, 0.3) is 5.91 Å². The van der Waals surface area contributed by atoms with Gasteiger partial charge in [-0.1, -0.05) is 60.7 Å². The molecule has 2 amide bonds. The topological polar surface area (TPSA) is 75.7 Å². The normalized spacial score (nSPS) is 10.8. The second kappa shape index (κ2) is 10.3. The second-order valence-corrected chi connectivity index (χ2v) is 7.39. The number of nitrogens with one attached hydrogen (secondary N) is 1. The maximum Gasteiger partial charge on any atom is 0.257 e. The molecule has 4 rings (SSSR count). The molecule has 2 heterocycles. The minimum absolute atomic E-state index is 0.146. The third kappa shape index (κ3) is 5.35. The lowest BCUT2D eigenvalue weighted by molar-refractivity contribution is -0.121. The minimum atomic E-state index is -0.270. The zero-order valence-corrected chi connectivity index (χ0v) is 17.5. The second-order valence-electron chi connectivity index (χ2n) is 7.39. The van der Waals surface area contributed by atoms with E-state index in [-0.39, 0.29) is 37.4 Å². The fraction of sp³-hybridized carbons (Fsp3) is 0.154. The fourth-order valence-corrected chi connectivity index (χ4v) is 3.53. The highest BCUT2D eigenvalue weighted by Crippen LogP contribution is 2.22. The van der Waals surface area contributed by atoms with Crippen LogP contribution in [0.1, 0.15) is 39.7 Å². The molecule has 0 fully saturated rings. The van der Waals surface area contributed by atoms with Crippen LogP contribution in [0.15, 0.2) is 106 Å². The van der Waals surface area contributed by atoms with Gasteiger partial charge in [-0.25, -0.2) is 0 Å². The highest BCUT2D eigenvalue weighted by Gasteiger charge is 2.21. The Morgan fingerprint density at radius 3 is 2.09 bits per heavy atom. The molecule has 0 saturated heterocycles. The first kappa shape index (κ1) is 21.2. The quantitative estimate of drug-likeness (QED) is 0.415. The third-order valence-electron chi connectivity index (χ3n) is 5.16. The van der Waals surface area contributed by atoms with E-state index in [0.29, 0.717) is 11.3 Å². The van der Waals surface area contributed by atoms with Crippen molar-refractivity contribution in [2.75, 3.05) is 6.54 Å². The Labute approximate surface area is 186 Å². The summed E-state index contributed by atoms with van der Waals surface area (Å²) in [6.45, 7) is 0.512. The van der Waals surface area contributed by atoms with E-state index >= 15 is 0 Å². The van der Waals surface area contributed by atoms with Crippen molar-refractivity contribution in [1.82, 2.24) is 10.2 Å². The average Bonchev–Trinajstić information content (AvgIpc) is 3.55. The SMILES string of the molecule is O=C(CCN(Cc1ccco1)C(=O)c1ccoc1)NC(c1ccccc1)c1ccccc1. The van der Waals surface area contributed by atoms with E-state index in [1.165, 1.54) is 12.5 Å². The largest absolute Gasteiger partial charge is 0.472 e. The fourth-order valence-electron chi connectivity index (χ4n) is 3.53. The van der Waals surface area contributed by atoms with Crippen LogP contribution < -0.4 is 5.32 Å². The molecule has 0 spiro atoms. The van der Waals surface area contributed by atoms with Gasteiger partial charge in [-0.05, 0) is 29.3 Å². The Hall–Kier alpha value is -4.06. The summed E-state index contributed by atoms with van der Waals surface area (Å²) in [4.78, 5) is 27.4. The number of amides is 2. The highest BCUT2D eigenvalue weighted by molar-refractivity contribution is 5.94. The van der Waals surface area contributed by atoms with Gasteiger partial charge in [-0.15, -0.1) is 0 Å². The molecular weight excluding hydrogens is 404 g/mol. The van der Waals surface area contributed by atoms with E-state index in [0.717, 1.165) is 11.1 Å². The van der Waals surface area contributed by atoms with Crippen LogP contribution in [0.4, 0.5) is 0 Å². The van der Waals surface area contributed by atoms with Crippen molar-refractivity contribution >= 4 is 11.8 Å². The average molecular weight is 428 g/mol. The number of furan rings is 2. The number of benzene rings is 2. The summed E-state index contributed by atoms with van der Waals surface area (Å²) in [6, 6.07) is 24.6. The summed E-state index contributed by atoms with van der Waals surface area (Å²) < 4.78 is 10.4. The van der Waals surface area contributed by atoms with Crippen molar-refractivity contribution in [3.8, 4) is 0 Å². The Morgan fingerprint density at radius 2 is 1.53 bits per heavy atom. The minimum Gasteiger partial charge on any atom is -0.472 e. The first-order valence-electron chi connectivity index (χ1n) is 10.4. The summed E-state index contributed by atoms with van der Waals surface area (Å²) in [7, 11) is 0. The van der Waals surface area contributed by atoms with Gasteiger partial charge in [-0.3, -0.25) is 9.59 Å². The monoisotopic (exact) mass is 428 g/mol. The maximum absolute atomic E-state index is 12.9. The van der Waals surface area contributed by atoms with E-state index < -0.39 is 0 Å². The molecule has 0 aliphatic heterocycles. The van der Waals surface area contributed by atoms with Crippen molar-refractivity contribution in [1.29, 1.82) is 0 Å². The maximum atomic E-state index is 12.9. The van der Waals surface area contributed by atoms with Crippen LogP contribution in [0.3, 0.4) is 0 Å². The zero-order chi connectivity index (χ0) is 22.2. The molecule has 2 aromatic carbocycles. The van der Waals surface area contributed by atoms with Gasteiger partial charge < -0.3 is 19.1 Å². The molecule has 6 heteroatoms. The highest BCUT2D eigenvalue weighted by atomic mass is 16.3. The first-order chi connectivity index (χ1) is 15.7. The molecule has 0 aliphatic rings. The molecule has 2 aromatic heterocycles. The van der Waals surface area contributed by atoms with Gasteiger partial charge in [0.15, 0.2) is 0 Å². The van der Waals surface area contributed by atoms with Gasteiger partial charge in [0.05, 0.1) is 30.7 Å². The summed E-state index contributed by atoms with van der Waals surface area (Å²) in [5, 5.41) is 3.12. The molecule has 32 heavy (non-hydrogen) atoms. The van der Waals surface area contributed by atoms with E-state index in [1.807, 2.05) is 60.7 Å². The van der Waals surface area contributed by atoms with Crippen LogP contribution in [-0.2, 0) is 11.3 Å². The van der Waals surface area contributed by atoms with Crippen molar-refractivity contribution in [2.45, 2.75) is 19.0 Å². The van der Waals surface area contributed by atoms with Crippen molar-refractivity contribution in [3.05, 3.63) is 120 Å². The Morgan fingerprint density at radius 1 is 0.844 bits per heavy atom. The molecule has 0 saturated carbocycles. The predicted octanol–water partition coefficient (Wildman–Crippen LogP) is 4.81. The lowest BCUT2D eigenvalue weighted by Gasteiger charge is -2.23. The molecule has 0 atom stereocenters. The van der Waals surface area contributed by atoms with Crippen LogP contribution >= 0.6 is 0 Å². The number of carbonyl (C=O) groups is 2. The molecule has 0 bridgehead atoms. The summed E-state index contributed by atoms with van der Waals surface area (Å²) >= 11 is 0. The standard InChI is InChI=1S/C26H24N2O4/c29-24(27-25(20-8-3-1-4-9-20)21-10-5-2-6-11-21)13-15-28(18-23-12-7-16-32-23)26(30)22-14-17-31-19-22/h1-12,14,16-17,19,25H,13,15,18H2,(H,27,29). The lowest BCUT2D eigenvalue weighted by Crippen LogP contribution is -2.36. The molecule has 0 radical (unpaired) electrons. The summed E-state index contributed by atoms with van der Waals surface area (Å²) in [5.74, 6) is 0.284. The smallest absolute Gasteiger partial charge is 0.257 e. The first-order valence-corrected chi connectivity index (χ1v) is 10.4. The van der Waals surface area contributed by atoms with Gasteiger partial charge >= 0.3 is 0 Å². The van der Waals surface area contributed by atoms with Crippen LogP contribution in [0.25, 0.3) is 0 Å². The Kier molecular flexibility index (Phi) is 6.82. The number of nitrogens with zero attached hydrogens (tertiary/aromatic N) is 1. The number of hydrogen-bond acceptors (Lipinski definition) is 4. The number of rotatable bonds is 9. The zero-order valence-electron chi connectivity index (χ0n) is 17.5. The molecule has 0 unspecified atom stereocenters. The van der Waals surface area contributed by atoms with E-state index in [2.05, 4.69) is 5.32 Å². The molecule has 4 aromatic rings. The molecule has 6 nitrogen and oxygen atoms in total. The molecular formula is C26H24N2O4. The van der Waals surface area contributed by atoms with Gasteiger partial charge in [-0.2, -0.15) is 0 Å². The van der Waals surface area contributed by atoms with Gasteiger partial charge in [0, 0.05) is 13.0 Å². The Balaban J connectivity index is 1.46. The Bertz CT molecular complexity index is 1070. The summed E-state index contributed by atoms with van der Waals surface area (Å²) in [6.07, 6.45) is 4.57. The van der Waals surface area contributed by atoms with Crippen LogP contribution in [-0.4, -0.2) is 23.3 Å². The predicted molar refractivity (Wildman–Crippen MR) is 120 cm³/mol. The van der Waals surface area contributed by atoms with Crippen molar-refractivity contribution in [2.24, 2.45) is 0 Å². The number of carbonyl (C=O) groups excluding carboxylic acids is 2. The van der Waals surface area contributed by atoms with Gasteiger partial charge in [0.2, 0.25) is 5.91 Å². The van der Waals surface area contributed by atoms with Crippen LogP contribution in [0.5, 0.6) is 0 Å².